The highest BCUT2D eigenvalue weighted by molar-refractivity contribution is 7.47. The van der Waals surface area contributed by atoms with Gasteiger partial charge in [-0.2, -0.15) is 0 Å². The maximum absolute atomic E-state index is 12.9. The second-order valence-electron chi connectivity index (χ2n) is 18.4. The molecular weight excluding hydrogens is 876 g/mol. The average Bonchev–Trinajstić information content (AvgIpc) is 3.31. The quantitative estimate of drug-likeness (QED) is 0.0145. The number of unbranched alkanes of at least 4 members (excludes halogenated alkanes) is 24. The van der Waals surface area contributed by atoms with E-state index in [0.29, 0.717) is 12.8 Å². The first-order chi connectivity index (χ1) is 32.4. The molecule has 13 nitrogen and oxygen atoms in total. The van der Waals surface area contributed by atoms with Crippen LogP contribution >= 0.6 is 7.82 Å². The zero-order valence-corrected chi connectivity index (χ0v) is 42.6. The van der Waals surface area contributed by atoms with Crippen molar-refractivity contribution in [2.75, 3.05) is 13.2 Å². The second-order valence-corrected chi connectivity index (χ2v) is 19.8. The largest absolute Gasteiger partial charge is 0.472 e. The first-order valence-corrected chi connectivity index (χ1v) is 27.9. The molecule has 67 heavy (non-hydrogen) atoms. The fourth-order valence-electron chi connectivity index (χ4n) is 7.99. The zero-order chi connectivity index (χ0) is 49.2. The van der Waals surface area contributed by atoms with Crippen LogP contribution in [0.2, 0.25) is 0 Å². The highest BCUT2D eigenvalue weighted by Crippen LogP contribution is 2.47. The molecule has 1 aliphatic rings. The van der Waals surface area contributed by atoms with Crippen molar-refractivity contribution < 1.29 is 63.1 Å². The van der Waals surface area contributed by atoms with Gasteiger partial charge >= 0.3 is 19.8 Å². The number of hydrogen-bond donors (Lipinski definition) is 6. The van der Waals surface area contributed by atoms with Crippen LogP contribution in [0.3, 0.4) is 0 Å². The molecule has 0 aromatic carbocycles. The van der Waals surface area contributed by atoms with Crippen LogP contribution in [0.15, 0.2) is 48.6 Å². The van der Waals surface area contributed by atoms with E-state index in [1.165, 1.54) is 109 Å². The number of aliphatic hydroxyl groups excluding tert-OH is 5. The third-order valence-corrected chi connectivity index (χ3v) is 13.2. The summed E-state index contributed by atoms with van der Waals surface area (Å²) in [5, 5.41) is 50.3. The summed E-state index contributed by atoms with van der Waals surface area (Å²) < 4.78 is 33.6. The van der Waals surface area contributed by atoms with E-state index in [2.05, 4.69) is 62.5 Å². The van der Waals surface area contributed by atoms with Crippen molar-refractivity contribution >= 4 is 19.8 Å². The normalized spacial score (nSPS) is 21.5. The van der Waals surface area contributed by atoms with E-state index in [4.69, 9.17) is 18.5 Å². The zero-order valence-electron chi connectivity index (χ0n) is 41.7. The highest BCUT2D eigenvalue weighted by atomic mass is 31.2. The van der Waals surface area contributed by atoms with Crippen LogP contribution in [0.5, 0.6) is 0 Å². The summed E-state index contributed by atoms with van der Waals surface area (Å²) in [6.07, 6.45) is 38.8. The molecule has 0 heterocycles. The molecule has 0 aromatic heterocycles. The number of hydrogen-bond acceptors (Lipinski definition) is 12. The molecule has 390 valence electrons. The Balaban J connectivity index is 2.38. The Morgan fingerprint density at radius 3 is 1.30 bits per heavy atom. The van der Waals surface area contributed by atoms with Gasteiger partial charge in [0.1, 0.15) is 43.2 Å². The van der Waals surface area contributed by atoms with Crippen molar-refractivity contribution in [3.05, 3.63) is 48.6 Å². The Morgan fingerprint density at radius 1 is 0.478 bits per heavy atom. The Labute approximate surface area is 405 Å². The van der Waals surface area contributed by atoms with Crippen LogP contribution in [0.1, 0.15) is 219 Å². The van der Waals surface area contributed by atoms with Gasteiger partial charge in [-0.1, -0.05) is 204 Å². The summed E-state index contributed by atoms with van der Waals surface area (Å²) in [5.41, 5.74) is 0. The minimum atomic E-state index is -5.13. The third kappa shape index (κ3) is 34.7. The lowest BCUT2D eigenvalue weighted by Crippen LogP contribution is -2.64. The van der Waals surface area contributed by atoms with Gasteiger partial charge in [0.25, 0.3) is 0 Å². The predicted octanol–water partition coefficient (Wildman–Crippen LogP) is 11.5. The van der Waals surface area contributed by atoms with Crippen molar-refractivity contribution in [2.45, 2.75) is 262 Å². The summed E-state index contributed by atoms with van der Waals surface area (Å²) in [4.78, 5) is 35.9. The molecule has 0 aromatic rings. The summed E-state index contributed by atoms with van der Waals surface area (Å²) in [7, 11) is -5.13. The molecule has 6 N–H and O–H groups in total. The lowest BCUT2D eigenvalue weighted by atomic mass is 9.85. The van der Waals surface area contributed by atoms with Gasteiger partial charge in [0, 0.05) is 12.8 Å². The number of phosphoric ester groups is 1. The van der Waals surface area contributed by atoms with Crippen LogP contribution in [-0.2, 0) is 32.7 Å². The predicted molar refractivity (Wildman–Crippen MR) is 267 cm³/mol. The Hall–Kier alpha value is -2.19. The van der Waals surface area contributed by atoms with Gasteiger partial charge in [-0.15, -0.1) is 0 Å². The third-order valence-electron chi connectivity index (χ3n) is 12.2. The van der Waals surface area contributed by atoms with E-state index in [0.717, 1.165) is 70.6 Å². The number of phosphoric acid groups is 1. The Kier molecular flexibility index (Phi) is 40.0. The smallest absolute Gasteiger partial charge is 0.462 e. The van der Waals surface area contributed by atoms with Crippen molar-refractivity contribution in [3.63, 3.8) is 0 Å². The lowest BCUT2D eigenvalue weighted by Gasteiger charge is -2.41. The Morgan fingerprint density at radius 2 is 0.851 bits per heavy atom. The molecular formula is C53H95O13P. The SMILES string of the molecule is CC/C=C\C/C=C\C/C=C\C/C=C\CCCCCCC(=O)OC(COC(=O)CCCCCCCCCCCCCCCCCCCCCCC)COP(=O)(O)OC1C(O)C(O)C(O)C(O)C1O. The van der Waals surface area contributed by atoms with Crippen molar-refractivity contribution in [2.24, 2.45) is 0 Å². The number of allylic oxidation sites excluding steroid dienone is 8. The molecule has 6 unspecified atom stereocenters. The molecule has 0 bridgehead atoms. The molecule has 0 amide bonds. The number of rotatable bonds is 44. The van der Waals surface area contributed by atoms with Crippen molar-refractivity contribution in [1.29, 1.82) is 0 Å². The van der Waals surface area contributed by atoms with Crippen LogP contribution in [0.25, 0.3) is 0 Å². The van der Waals surface area contributed by atoms with E-state index in [1.807, 2.05) is 0 Å². The molecule has 0 aliphatic heterocycles. The maximum Gasteiger partial charge on any atom is 0.472 e. The summed E-state index contributed by atoms with van der Waals surface area (Å²) in [6, 6.07) is 0. The molecule has 1 rings (SSSR count). The van der Waals surface area contributed by atoms with E-state index in [-0.39, 0.29) is 12.8 Å². The summed E-state index contributed by atoms with van der Waals surface area (Å²) in [6.45, 7) is 3.20. The summed E-state index contributed by atoms with van der Waals surface area (Å²) in [5.74, 6) is -1.12. The number of carbonyl (C=O) groups is 2. The number of ether oxygens (including phenoxy) is 2. The Bertz CT molecular complexity index is 1350. The molecule has 6 atom stereocenters. The number of carbonyl (C=O) groups excluding carboxylic acids is 2. The second kappa shape index (κ2) is 42.7. The molecule has 0 spiro atoms. The van der Waals surface area contributed by atoms with Gasteiger partial charge in [0.05, 0.1) is 6.61 Å². The van der Waals surface area contributed by atoms with Crippen LogP contribution in [0.4, 0.5) is 0 Å². The van der Waals surface area contributed by atoms with Crippen LogP contribution in [-0.4, -0.2) is 98.3 Å². The van der Waals surface area contributed by atoms with Gasteiger partial charge in [-0.25, -0.2) is 4.57 Å². The molecule has 0 radical (unpaired) electrons. The van der Waals surface area contributed by atoms with Crippen LogP contribution < -0.4 is 0 Å². The first-order valence-electron chi connectivity index (χ1n) is 26.4. The van der Waals surface area contributed by atoms with E-state index in [1.54, 1.807) is 0 Å². The van der Waals surface area contributed by atoms with Gasteiger partial charge in [-0.3, -0.25) is 18.6 Å². The lowest BCUT2D eigenvalue weighted by molar-refractivity contribution is -0.220. The summed E-state index contributed by atoms with van der Waals surface area (Å²) >= 11 is 0. The minimum absolute atomic E-state index is 0.0692. The molecule has 1 fully saturated rings. The van der Waals surface area contributed by atoms with E-state index >= 15 is 0 Å². The van der Waals surface area contributed by atoms with Crippen molar-refractivity contribution in [3.8, 4) is 0 Å². The maximum atomic E-state index is 12.9. The molecule has 14 heteroatoms. The average molecular weight is 971 g/mol. The molecule has 0 saturated heterocycles. The van der Waals surface area contributed by atoms with Crippen LogP contribution in [0, 0.1) is 0 Å². The van der Waals surface area contributed by atoms with Gasteiger partial charge in [-0.05, 0) is 51.4 Å². The van der Waals surface area contributed by atoms with E-state index in [9.17, 15) is 44.6 Å². The fourth-order valence-corrected chi connectivity index (χ4v) is 8.96. The standard InChI is InChI=1S/C53H95O13P/c1-3-5-7-9-11-13-15-17-19-21-22-23-24-26-27-29-31-33-35-37-39-41-46(54)63-43-45(44-64-67(61,62)66-53-51(59)49(57)48(56)50(58)52(53)60)65-47(55)42-40-38-36-34-32-30-28-25-20-18-16-14-12-10-8-6-4-2/h6,8,12,14,18,20,28,30,45,48-53,56-60H,3-5,7,9-11,13,15-17,19,21-27,29,31-44H2,1-2H3,(H,61,62)/b8-6-,14-12-,20-18-,30-28-. The topological polar surface area (TPSA) is 210 Å². The molecule has 1 saturated carbocycles. The number of aliphatic hydroxyl groups is 5. The van der Waals surface area contributed by atoms with Gasteiger partial charge < -0.3 is 39.9 Å². The first kappa shape index (κ1) is 62.8. The van der Waals surface area contributed by atoms with Crippen molar-refractivity contribution in [1.82, 2.24) is 0 Å². The molecule has 1 aliphatic carbocycles. The van der Waals surface area contributed by atoms with Gasteiger partial charge in [0.15, 0.2) is 6.10 Å². The van der Waals surface area contributed by atoms with E-state index < -0.39 is 75.7 Å². The number of esters is 2. The minimum Gasteiger partial charge on any atom is -0.462 e. The van der Waals surface area contributed by atoms with Gasteiger partial charge in [0.2, 0.25) is 0 Å². The monoisotopic (exact) mass is 971 g/mol. The fraction of sp³-hybridized carbons (Fsp3) is 0.811. The highest BCUT2D eigenvalue weighted by Gasteiger charge is 2.51.